The Kier molecular flexibility index (Phi) is 9.00. The van der Waals surface area contributed by atoms with Gasteiger partial charge in [0.05, 0.1) is 16.9 Å². The molecule has 9 nitrogen and oxygen atoms in total. The molecule has 0 saturated heterocycles. The summed E-state index contributed by atoms with van der Waals surface area (Å²) in [5.74, 6) is -1.09. The zero-order chi connectivity index (χ0) is 26.3. The van der Waals surface area contributed by atoms with Crippen molar-refractivity contribution in [3.8, 4) is 0 Å². The summed E-state index contributed by atoms with van der Waals surface area (Å²) in [6.45, 7) is 7.77. The van der Waals surface area contributed by atoms with E-state index in [-0.39, 0.29) is 31.3 Å². The molecule has 2 atom stereocenters. The van der Waals surface area contributed by atoms with Gasteiger partial charge in [-0.3, -0.25) is 14.4 Å². The number of nitrogens with one attached hydrogen (secondary N) is 5. The first-order valence-corrected chi connectivity index (χ1v) is 12.9. The van der Waals surface area contributed by atoms with Crippen LogP contribution in [0.5, 0.6) is 0 Å². The van der Waals surface area contributed by atoms with Gasteiger partial charge in [0.15, 0.2) is 0 Å². The number of fused-ring (bicyclic) bond motifs is 1. The predicted octanol–water partition coefficient (Wildman–Crippen LogP) is 2.31. The lowest BCUT2D eigenvalue weighted by Crippen LogP contribution is -2.50. The molecular formula is C26H33N5O4S. The van der Waals surface area contributed by atoms with E-state index in [1.807, 2.05) is 64.1 Å². The molecule has 192 valence electrons. The highest BCUT2D eigenvalue weighted by molar-refractivity contribution is 7.83. The van der Waals surface area contributed by atoms with E-state index in [1.165, 1.54) is 0 Å². The minimum Gasteiger partial charge on any atom is -0.360 e. The first kappa shape index (κ1) is 27.1. The fourth-order valence-corrected chi connectivity index (χ4v) is 4.51. The van der Waals surface area contributed by atoms with Crippen molar-refractivity contribution < 1.29 is 18.6 Å². The van der Waals surface area contributed by atoms with Crippen LogP contribution in [0, 0.1) is 6.92 Å². The van der Waals surface area contributed by atoms with Crippen LogP contribution in [0.3, 0.4) is 0 Å². The zero-order valence-electron chi connectivity index (χ0n) is 20.9. The third-order valence-corrected chi connectivity index (χ3v) is 6.45. The van der Waals surface area contributed by atoms with Crippen molar-refractivity contribution in [3.63, 3.8) is 0 Å². The predicted molar refractivity (Wildman–Crippen MR) is 141 cm³/mol. The van der Waals surface area contributed by atoms with Crippen LogP contribution in [0.2, 0.25) is 0 Å². The average molecular weight is 512 g/mol. The molecule has 5 N–H and O–H groups in total. The van der Waals surface area contributed by atoms with Crippen molar-refractivity contribution in [2.75, 3.05) is 13.1 Å². The van der Waals surface area contributed by atoms with Crippen LogP contribution in [0.1, 0.15) is 43.1 Å². The Morgan fingerprint density at radius 1 is 0.972 bits per heavy atom. The summed E-state index contributed by atoms with van der Waals surface area (Å²) in [7, 11) is -1.69. The lowest BCUT2D eigenvalue weighted by molar-refractivity contribution is -0.128. The van der Waals surface area contributed by atoms with Crippen LogP contribution in [0.25, 0.3) is 10.9 Å². The van der Waals surface area contributed by atoms with Gasteiger partial charge >= 0.3 is 0 Å². The van der Waals surface area contributed by atoms with Gasteiger partial charge in [0.2, 0.25) is 11.8 Å². The summed E-state index contributed by atoms with van der Waals surface area (Å²) in [6, 6.07) is 13.5. The maximum Gasteiger partial charge on any atom is 0.253 e. The molecule has 0 saturated carbocycles. The van der Waals surface area contributed by atoms with Crippen molar-refractivity contribution in [3.05, 3.63) is 65.9 Å². The normalized spacial score (nSPS) is 13.1. The quantitative estimate of drug-likeness (QED) is 0.267. The van der Waals surface area contributed by atoms with Gasteiger partial charge in [-0.25, -0.2) is 8.93 Å². The molecule has 1 aromatic heterocycles. The van der Waals surface area contributed by atoms with Gasteiger partial charge in [0, 0.05) is 35.7 Å². The standard InChI is InChI=1S/C26H33N5O4S/c1-17-9-11-18(12-10-17)36(35)31-22(15-23(32)30-26(2,3)4)25(34)28-14-13-27-24(33)20-16-29-21-8-6-5-7-19(20)21/h5-12,16,22,29,31H,13-15H2,1-4H3,(H,27,33)(H,28,34)(H,30,32)/t22-,36?/m0/s1. The van der Waals surface area contributed by atoms with E-state index in [0.717, 1.165) is 16.5 Å². The topological polar surface area (TPSA) is 132 Å². The minimum atomic E-state index is -1.69. The van der Waals surface area contributed by atoms with Crippen LogP contribution in [0.4, 0.5) is 0 Å². The second-order valence-corrected chi connectivity index (χ2v) is 10.8. The summed E-state index contributed by atoms with van der Waals surface area (Å²) < 4.78 is 15.6. The largest absolute Gasteiger partial charge is 0.360 e. The number of carbonyl (C=O) groups excluding carboxylic acids is 3. The number of aryl methyl sites for hydroxylation is 1. The van der Waals surface area contributed by atoms with Crippen molar-refractivity contribution in [2.24, 2.45) is 0 Å². The number of amides is 3. The molecule has 3 aromatic rings. The maximum absolute atomic E-state index is 12.9. The van der Waals surface area contributed by atoms with Crippen LogP contribution >= 0.6 is 0 Å². The molecule has 0 aliphatic rings. The Morgan fingerprint density at radius 2 is 1.64 bits per heavy atom. The summed E-state index contributed by atoms with van der Waals surface area (Å²) in [6.07, 6.45) is 1.45. The number of benzene rings is 2. The Morgan fingerprint density at radius 3 is 2.33 bits per heavy atom. The molecule has 1 unspecified atom stereocenters. The lowest BCUT2D eigenvalue weighted by atomic mass is 10.1. The van der Waals surface area contributed by atoms with Crippen LogP contribution in [-0.2, 0) is 20.6 Å². The number of hydrogen-bond acceptors (Lipinski definition) is 4. The van der Waals surface area contributed by atoms with Gasteiger partial charge in [-0.15, -0.1) is 0 Å². The van der Waals surface area contributed by atoms with Crippen molar-refractivity contribution >= 4 is 39.6 Å². The highest BCUT2D eigenvalue weighted by atomic mass is 32.2. The first-order chi connectivity index (χ1) is 17.0. The summed E-state index contributed by atoms with van der Waals surface area (Å²) in [5, 5.41) is 9.13. The van der Waals surface area contributed by atoms with Gasteiger partial charge in [-0.2, -0.15) is 0 Å². The number of hydrogen-bond donors (Lipinski definition) is 5. The molecule has 2 aromatic carbocycles. The number of carbonyl (C=O) groups is 3. The van der Waals surface area contributed by atoms with E-state index in [4.69, 9.17) is 0 Å². The maximum atomic E-state index is 12.9. The van der Waals surface area contributed by atoms with Crippen molar-refractivity contribution in [2.45, 2.75) is 50.6 Å². The smallest absolute Gasteiger partial charge is 0.253 e. The third kappa shape index (κ3) is 7.76. The van der Waals surface area contributed by atoms with Gasteiger partial charge in [0.25, 0.3) is 5.91 Å². The molecule has 0 bridgehead atoms. The number of aromatic amines is 1. The molecule has 10 heteroatoms. The summed E-state index contributed by atoms with van der Waals surface area (Å²) in [4.78, 5) is 41.5. The molecular weight excluding hydrogens is 478 g/mol. The molecule has 3 amide bonds. The van der Waals surface area contributed by atoms with Gasteiger partial charge in [0.1, 0.15) is 17.0 Å². The highest BCUT2D eigenvalue weighted by Gasteiger charge is 2.26. The molecule has 36 heavy (non-hydrogen) atoms. The number of H-pyrrole nitrogens is 1. The van der Waals surface area contributed by atoms with Crippen LogP contribution < -0.4 is 20.7 Å². The third-order valence-electron chi connectivity index (χ3n) is 5.25. The number of rotatable bonds is 10. The SMILES string of the molecule is Cc1ccc(S(=O)N[C@@H](CC(=O)NC(C)(C)C)C(=O)NCCNC(=O)c2c[nH]c3ccccc23)cc1. The minimum absolute atomic E-state index is 0.142. The van der Waals surface area contributed by atoms with Crippen LogP contribution in [0.15, 0.2) is 59.6 Å². The van der Waals surface area contributed by atoms with E-state index in [2.05, 4.69) is 25.7 Å². The highest BCUT2D eigenvalue weighted by Crippen LogP contribution is 2.17. The fourth-order valence-electron chi connectivity index (χ4n) is 3.54. The first-order valence-electron chi connectivity index (χ1n) is 11.7. The Hall–Kier alpha value is -3.50. The second kappa shape index (κ2) is 12.0. The molecule has 0 fully saturated rings. The van der Waals surface area contributed by atoms with Gasteiger partial charge < -0.3 is 20.9 Å². The fraction of sp³-hybridized carbons (Fsp3) is 0.346. The molecule has 0 spiro atoms. The average Bonchev–Trinajstić information content (AvgIpc) is 3.24. The number of para-hydroxylation sites is 1. The zero-order valence-corrected chi connectivity index (χ0v) is 21.8. The van der Waals surface area contributed by atoms with E-state index < -0.39 is 28.5 Å². The van der Waals surface area contributed by atoms with E-state index in [1.54, 1.807) is 18.3 Å². The Bertz CT molecular complexity index is 1250. The molecule has 3 rings (SSSR count). The van der Waals surface area contributed by atoms with Crippen LogP contribution in [-0.4, -0.2) is 51.6 Å². The van der Waals surface area contributed by atoms with Crippen molar-refractivity contribution in [1.82, 2.24) is 25.7 Å². The molecule has 0 aliphatic heterocycles. The summed E-state index contributed by atoms with van der Waals surface area (Å²) >= 11 is 0. The Labute approximate surface area is 213 Å². The second-order valence-electron chi connectivity index (χ2n) is 9.55. The molecule has 0 radical (unpaired) electrons. The monoisotopic (exact) mass is 511 g/mol. The van der Waals surface area contributed by atoms with Gasteiger partial charge in [-0.1, -0.05) is 35.9 Å². The van der Waals surface area contributed by atoms with Gasteiger partial charge in [-0.05, 0) is 45.9 Å². The Balaban J connectivity index is 1.58. The number of aromatic nitrogens is 1. The summed E-state index contributed by atoms with van der Waals surface area (Å²) in [5.41, 5.74) is 1.93. The van der Waals surface area contributed by atoms with E-state index >= 15 is 0 Å². The van der Waals surface area contributed by atoms with Crippen molar-refractivity contribution in [1.29, 1.82) is 0 Å². The van der Waals surface area contributed by atoms with E-state index in [0.29, 0.717) is 10.5 Å². The molecule has 0 aliphatic carbocycles. The molecule has 1 heterocycles. The van der Waals surface area contributed by atoms with E-state index in [9.17, 15) is 18.6 Å². The lowest BCUT2D eigenvalue weighted by Gasteiger charge is -2.23.